The number of aromatic nitrogens is 3. The summed E-state index contributed by atoms with van der Waals surface area (Å²) in [6.45, 7) is 7.43. The van der Waals surface area contributed by atoms with Crippen LogP contribution >= 0.6 is 24.2 Å². The highest BCUT2D eigenvalue weighted by atomic mass is 35.5. The largest absolute Gasteiger partial charge is 0.372 e. The second-order valence-electron chi connectivity index (χ2n) is 6.77. The van der Waals surface area contributed by atoms with E-state index in [9.17, 15) is 4.79 Å². The second kappa shape index (κ2) is 9.21. The molecule has 2 aliphatic rings. The topological polar surface area (TPSA) is 72.3 Å². The number of hydrogen-bond acceptors (Lipinski definition) is 6. The number of ether oxygens (including phenoxy) is 1. The number of nitrogens with one attached hydrogen (secondary N) is 1. The molecular formula is C16H28ClN5O2S. The van der Waals surface area contributed by atoms with Crippen molar-refractivity contribution in [2.45, 2.75) is 50.0 Å². The lowest BCUT2D eigenvalue weighted by molar-refractivity contribution is -0.140. The van der Waals surface area contributed by atoms with Gasteiger partial charge in [0, 0.05) is 26.1 Å². The molecule has 0 bridgehead atoms. The summed E-state index contributed by atoms with van der Waals surface area (Å²) in [6, 6.07) is 0. The summed E-state index contributed by atoms with van der Waals surface area (Å²) in [5, 5.41) is 12.9. The number of halogens is 1. The van der Waals surface area contributed by atoms with Crippen molar-refractivity contribution in [2.75, 3.05) is 31.9 Å². The number of hydrogen-bond donors (Lipinski definition) is 1. The summed E-state index contributed by atoms with van der Waals surface area (Å²) in [6.07, 6.45) is 2.39. The van der Waals surface area contributed by atoms with E-state index in [0.717, 1.165) is 36.9 Å². The van der Waals surface area contributed by atoms with Crippen molar-refractivity contribution in [1.29, 1.82) is 0 Å². The van der Waals surface area contributed by atoms with Crippen molar-refractivity contribution in [2.24, 2.45) is 7.05 Å². The van der Waals surface area contributed by atoms with E-state index in [0.29, 0.717) is 24.8 Å². The molecule has 0 unspecified atom stereocenters. The number of carbonyl (C=O) groups excluding carboxylic acids is 1. The highest BCUT2D eigenvalue weighted by Crippen LogP contribution is 2.26. The molecule has 0 aromatic carbocycles. The fourth-order valence-electron chi connectivity index (χ4n) is 3.49. The zero-order valence-corrected chi connectivity index (χ0v) is 16.7. The van der Waals surface area contributed by atoms with Crippen LogP contribution in [-0.4, -0.2) is 69.7 Å². The van der Waals surface area contributed by atoms with E-state index in [-0.39, 0.29) is 30.5 Å². The molecule has 2 atom stereocenters. The minimum atomic E-state index is 0. The average molecular weight is 390 g/mol. The summed E-state index contributed by atoms with van der Waals surface area (Å²) in [4.78, 5) is 14.4. The van der Waals surface area contributed by atoms with Crippen molar-refractivity contribution >= 4 is 30.1 Å². The number of rotatable bonds is 4. The molecule has 0 spiro atoms. The lowest BCUT2D eigenvalue weighted by Crippen LogP contribution is -2.48. The lowest BCUT2D eigenvalue weighted by atomic mass is 9.97. The molecule has 25 heavy (non-hydrogen) atoms. The summed E-state index contributed by atoms with van der Waals surface area (Å²) in [5.74, 6) is 2.06. The van der Waals surface area contributed by atoms with E-state index in [1.54, 1.807) is 0 Å². The predicted octanol–water partition coefficient (Wildman–Crippen LogP) is 1.43. The van der Waals surface area contributed by atoms with Gasteiger partial charge in [0.15, 0.2) is 5.16 Å². The Labute approximate surface area is 159 Å². The molecule has 1 aromatic rings. The van der Waals surface area contributed by atoms with Gasteiger partial charge in [-0.15, -0.1) is 22.6 Å². The van der Waals surface area contributed by atoms with Gasteiger partial charge >= 0.3 is 0 Å². The van der Waals surface area contributed by atoms with E-state index in [2.05, 4.69) is 20.1 Å². The molecule has 0 saturated carbocycles. The van der Waals surface area contributed by atoms with Crippen LogP contribution in [0.4, 0.5) is 0 Å². The zero-order valence-electron chi connectivity index (χ0n) is 15.1. The number of thioether (sulfide) groups is 1. The SMILES string of the molecule is C[C@@H]1CN(C(=O)CSc2nnc(C3CCNCC3)n2C)C[C@H](C)O1.Cl. The van der Waals surface area contributed by atoms with E-state index in [4.69, 9.17) is 4.74 Å². The average Bonchev–Trinajstić information content (AvgIpc) is 2.93. The van der Waals surface area contributed by atoms with Crippen LogP contribution in [0.1, 0.15) is 38.4 Å². The summed E-state index contributed by atoms with van der Waals surface area (Å²) in [7, 11) is 2.00. The Kier molecular flexibility index (Phi) is 7.54. The van der Waals surface area contributed by atoms with Gasteiger partial charge in [0.2, 0.25) is 5.91 Å². The van der Waals surface area contributed by atoms with Gasteiger partial charge < -0.3 is 19.5 Å². The van der Waals surface area contributed by atoms with Gasteiger partial charge in [-0.2, -0.15) is 0 Å². The maximum Gasteiger partial charge on any atom is 0.233 e. The summed E-state index contributed by atoms with van der Waals surface area (Å²) >= 11 is 1.48. The summed E-state index contributed by atoms with van der Waals surface area (Å²) < 4.78 is 7.74. The number of nitrogens with zero attached hydrogens (tertiary/aromatic N) is 4. The Hall–Kier alpha value is -0.830. The van der Waals surface area contributed by atoms with Gasteiger partial charge in [-0.25, -0.2) is 0 Å². The molecule has 0 aliphatic carbocycles. The normalized spacial score (nSPS) is 24.8. The van der Waals surface area contributed by atoms with E-state index in [1.807, 2.05) is 25.8 Å². The van der Waals surface area contributed by atoms with Gasteiger partial charge in [0.1, 0.15) is 5.82 Å². The third-order valence-corrected chi connectivity index (χ3v) is 5.67. The van der Waals surface area contributed by atoms with E-state index in [1.165, 1.54) is 11.8 Å². The van der Waals surface area contributed by atoms with Crippen molar-refractivity contribution in [3.05, 3.63) is 5.82 Å². The minimum absolute atomic E-state index is 0. The van der Waals surface area contributed by atoms with E-state index < -0.39 is 0 Å². The quantitative estimate of drug-likeness (QED) is 0.785. The highest BCUT2D eigenvalue weighted by molar-refractivity contribution is 7.99. The molecule has 2 aliphatic heterocycles. The monoisotopic (exact) mass is 389 g/mol. The molecule has 1 amide bonds. The zero-order chi connectivity index (χ0) is 17.1. The Morgan fingerprint density at radius 1 is 1.24 bits per heavy atom. The van der Waals surface area contributed by atoms with Crippen LogP contribution in [0.5, 0.6) is 0 Å². The minimum Gasteiger partial charge on any atom is -0.372 e. The molecule has 9 heteroatoms. The second-order valence-corrected chi connectivity index (χ2v) is 7.71. The van der Waals surface area contributed by atoms with Crippen LogP contribution in [0.3, 0.4) is 0 Å². The maximum atomic E-state index is 12.5. The Balaban J connectivity index is 0.00000225. The smallest absolute Gasteiger partial charge is 0.233 e. The number of morpholine rings is 1. The molecular weight excluding hydrogens is 362 g/mol. The molecule has 1 aromatic heterocycles. The molecule has 3 heterocycles. The van der Waals surface area contributed by atoms with Crippen molar-refractivity contribution in [1.82, 2.24) is 25.0 Å². The summed E-state index contributed by atoms with van der Waals surface area (Å²) in [5.41, 5.74) is 0. The molecule has 7 nitrogen and oxygen atoms in total. The van der Waals surface area contributed by atoms with Crippen LogP contribution in [0, 0.1) is 0 Å². The molecule has 2 saturated heterocycles. The van der Waals surface area contributed by atoms with Crippen molar-refractivity contribution in [3.63, 3.8) is 0 Å². The van der Waals surface area contributed by atoms with Crippen molar-refractivity contribution < 1.29 is 9.53 Å². The molecule has 0 radical (unpaired) electrons. The number of amides is 1. The van der Waals surface area contributed by atoms with E-state index >= 15 is 0 Å². The van der Waals surface area contributed by atoms with Gasteiger partial charge in [-0.1, -0.05) is 11.8 Å². The molecule has 2 fully saturated rings. The highest BCUT2D eigenvalue weighted by Gasteiger charge is 2.27. The number of piperidine rings is 1. The first-order chi connectivity index (χ1) is 11.5. The fourth-order valence-corrected chi connectivity index (χ4v) is 4.31. The van der Waals surface area contributed by atoms with Gasteiger partial charge in [0.05, 0.1) is 18.0 Å². The van der Waals surface area contributed by atoms with Crippen LogP contribution in [0.15, 0.2) is 5.16 Å². The molecule has 1 N–H and O–H groups in total. The lowest BCUT2D eigenvalue weighted by Gasteiger charge is -2.35. The van der Waals surface area contributed by atoms with Crippen LogP contribution in [-0.2, 0) is 16.6 Å². The molecule has 3 rings (SSSR count). The van der Waals surface area contributed by atoms with Crippen molar-refractivity contribution in [3.8, 4) is 0 Å². The van der Waals surface area contributed by atoms with Crippen LogP contribution in [0.25, 0.3) is 0 Å². The first kappa shape index (κ1) is 20.5. The first-order valence-electron chi connectivity index (χ1n) is 8.70. The third-order valence-electron chi connectivity index (χ3n) is 4.67. The van der Waals surface area contributed by atoms with Gasteiger partial charge in [-0.05, 0) is 39.8 Å². The van der Waals surface area contributed by atoms with Crippen LogP contribution in [0.2, 0.25) is 0 Å². The van der Waals surface area contributed by atoms with Gasteiger partial charge in [0.25, 0.3) is 0 Å². The fraction of sp³-hybridized carbons (Fsp3) is 0.812. The number of carbonyl (C=O) groups is 1. The standard InChI is InChI=1S/C16H27N5O2S.ClH/c1-11-8-21(9-12(2)23-11)14(22)10-24-16-19-18-15(20(16)3)13-4-6-17-7-5-13;/h11-13,17H,4-10H2,1-3H3;1H/t11-,12+;. The predicted molar refractivity (Wildman–Crippen MR) is 100 cm³/mol. The maximum absolute atomic E-state index is 12.5. The third kappa shape index (κ3) is 5.09. The molecule has 142 valence electrons. The first-order valence-corrected chi connectivity index (χ1v) is 9.69. The van der Waals surface area contributed by atoms with Crippen LogP contribution < -0.4 is 5.32 Å². The Morgan fingerprint density at radius 2 is 1.88 bits per heavy atom. The van der Waals surface area contributed by atoms with Gasteiger partial charge in [-0.3, -0.25) is 4.79 Å². The Bertz CT molecular complexity index is 569. The Morgan fingerprint density at radius 3 is 2.52 bits per heavy atom.